The Morgan fingerprint density at radius 2 is 1.73 bits per heavy atom. The van der Waals surface area contributed by atoms with Gasteiger partial charge in [-0.3, -0.25) is 14.3 Å². The number of nitrogens with one attached hydrogen (secondary N) is 1. The summed E-state index contributed by atoms with van der Waals surface area (Å²) >= 11 is 0. The van der Waals surface area contributed by atoms with Crippen LogP contribution in [0.1, 0.15) is 42.5 Å². The maximum Gasteiger partial charge on any atom is 0.220 e. The highest BCUT2D eigenvalue weighted by Gasteiger charge is 2.15. The summed E-state index contributed by atoms with van der Waals surface area (Å²) in [5.41, 5.74) is 7.60. The third kappa shape index (κ3) is 6.75. The average Bonchev–Trinajstić information content (AvgIpc) is 3.36. The molecule has 2 aromatic heterocycles. The number of nitrogens with zero attached hydrogens (tertiary/aromatic N) is 3. The molecule has 0 bridgehead atoms. The van der Waals surface area contributed by atoms with Crippen LogP contribution in [0.4, 0.5) is 0 Å². The molecule has 0 saturated carbocycles. The summed E-state index contributed by atoms with van der Waals surface area (Å²) in [6.07, 6.45) is 5.74. The van der Waals surface area contributed by atoms with Gasteiger partial charge in [0.15, 0.2) is 0 Å². The van der Waals surface area contributed by atoms with Crippen LogP contribution in [0.15, 0.2) is 91.1 Å². The second-order valence-electron chi connectivity index (χ2n) is 10.1. The Bertz CT molecular complexity index is 1560. The first-order valence-corrected chi connectivity index (χ1v) is 14.0. The van der Waals surface area contributed by atoms with Crippen molar-refractivity contribution in [3.63, 3.8) is 0 Å². The predicted octanol–water partition coefficient (Wildman–Crippen LogP) is 7.00. The average molecular weight is 533 g/mol. The number of aryl methyl sites for hydroxylation is 2. The highest BCUT2D eigenvalue weighted by Crippen LogP contribution is 2.31. The number of rotatable bonds is 12. The van der Waals surface area contributed by atoms with Gasteiger partial charge in [-0.1, -0.05) is 42.5 Å². The molecule has 1 amide bonds. The number of fused-ring (bicyclic) bond motifs is 1. The van der Waals surface area contributed by atoms with Crippen LogP contribution in [-0.2, 0) is 11.2 Å². The van der Waals surface area contributed by atoms with E-state index in [0.29, 0.717) is 19.6 Å². The largest absolute Gasteiger partial charge is 0.494 e. The molecule has 204 valence electrons. The molecule has 0 spiro atoms. The maximum absolute atomic E-state index is 12.1. The molecule has 6 nitrogen and oxygen atoms in total. The number of aromatic nitrogens is 3. The Kier molecular flexibility index (Phi) is 8.86. The Hall–Kier alpha value is -4.45. The van der Waals surface area contributed by atoms with Crippen LogP contribution < -0.4 is 10.1 Å². The van der Waals surface area contributed by atoms with Crippen LogP contribution in [0.25, 0.3) is 28.1 Å². The Labute approximate surface area is 236 Å². The van der Waals surface area contributed by atoms with E-state index in [1.54, 1.807) is 6.20 Å². The van der Waals surface area contributed by atoms with Crippen molar-refractivity contribution in [3.8, 4) is 22.8 Å². The number of benzene rings is 3. The number of amides is 1. The van der Waals surface area contributed by atoms with Crippen molar-refractivity contribution in [1.82, 2.24) is 19.9 Å². The van der Waals surface area contributed by atoms with E-state index in [1.165, 1.54) is 11.1 Å². The van der Waals surface area contributed by atoms with Crippen molar-refractivity contribution in [3.05, 3.63) is 108 Å². The van der Waals surface area contributed by atoms with Gasteiger partial charge in [0.1, 0.15) is 11.6 Å². The van der Waals surface area contributed by atoms with E-state index in [4.69, 9.17) is 9.72 Å². The lowest BCUT2D eigenvalue weighted by Crippen LogP contribution is -2.25. The van der Waals surface area contributed by atoms with Gasteiger partial charge < -0.3 is 10.1 Å². The molecule has 6 heteroatoms. The van der Waals surface area contributed by atoms with Crippen molar-refractivity contribution < 1.29 is 9.53 Å². The van der Waals surface area contributed by atoms with Crippen LogP contribution >= 0.6 is 0 Å². The van der Waals surface area contributed by atoms with E-state index in [-0.39, 0.29) is 5.91 Å². The summed E-state index contributed by atoms with van der Waals surface area (Å²) in [5, 5.41) is 2.99. The van der Waals surface area contributed by atoms with Gasteiger partial charge in [-0.2, -0.15) is 0 Å². The molecule has 1 N–H and O–H groups in total. The zero-order valence-electron chi connectivity index (χ0n) is 23.3. The second kappa shape index (κ2) is 13.1. The maximum atomic E-state index is 12.1. The monoisotopic (exact) mass is 532 g/mol. The Balaban J connectivity index is 1.18. The zero-order chi connectivity index (χ0) is 27.7. The van der Waals surface area contributed by atoms with Gasteiger partial charge in [-0.15, -0.1) is 0 Å². The third-order valence-electron chi connectivity index (χ3n) is 7.15. The summed E-state index contributed by atoms with van der Waals surface area (Å²) in [6.45, 7) is 5.49. The van der Waals surface area contributed by atoms with Crippen LogP contribution in [0.5, 0.6) is 5.75 Å². The van der Waals surface area contributed by atoms with E-state index in [2.05, 4.69) is 65.1 Å². The van der Waals surface area contributed by atoms with Crippen molar-refractivity contribution in [2.75, 3.05) is 13.2 Å². The number of carbonyl (C=O) groups is 1. The molecule has 0 saturated heterocycles. The van der Waals surface area contributed by atoms with Crippen molar-refractivity contribution in [2.45, 2.75) is 46.0 Å². The van der Waals surface area contributed by atoms with Gasteiger partial charge in [-0.05, 0) is 80.6 Å². The molecule has 5 rings (SSSR count). The van der Waals surface area contributed by atoms with Gasteiger partial charge in [-0.25, -0.2) is 4.98 Å². The molecule has 0 aliphatic heterocycles. The number of imidazole rings is 1. The summed E-state index contributed by atoms with van der Waals surface area (Å²) < 4.78 is 8.35. The smallest absolute Gasteiger partial charge is 0.220 e. The molecule has 0 unspecified atom stereocenters. The molecule has 3 aromatic carbocycles. The van der Waals surface area contributed by atoms with Crippen LogP contribution in [0.2, 0.25) is 0 Å². The molecule has 0 radical (unpaired) electrons. The van der Waals surface area contributed by atoms with E-state index >= 15 is 0 Å². The minimum Gasteiger partial charge on any atom is -0.494 e. The number of pyridine rings is 1. The van der Waals surface area contributed by atoms with Crippen molar-refractivity contribution in [1.29, 1.82) is 0 Å². The number of unbranched alkanes of at least 4 members (excludes halogenated alkanes) is 2. The first-order chi connectivity index (χ1) is 19.6. The Morgan fingerprint density at radius 3 is 2.52 bits per heavy atom. The second-order valence-corrected chi connectivity index (χ2v) is 10.1. The molecule has 0 fully saturated rings. The highest BCUT2D eigenvalue weighted by molar-refractivity contribution is 5.84. The molecule has 0 aliphatic rings. The van der Waals surface area contributed by atoms with Crippen LogP contribution in [-0.4, -0.2) is 33.6 Å². The van der Waals surface area contributed by atoms with Crippen molar-refractivity contribution >= 4 is 16.9 Å². The first-order valence-electron chi connectivity index (χ1n) is 14.0. The molecule has 40 heavy (non-hydrogen) atoms. The predicted molar refractivity (Wildman–Crippen MR) is 161 cm³/mol. The number of carbonyl (C=O) groups excluding carboxylic acids is 1. The van der Waals surface area contributed by atoms with Crippen LogP contribution in [0.3, 0.4) is 0 Å². The lowest BCUT2D eigenvalue weighted by atomic mass is 10.1. The standard InChI is InChI=1S/C34H36N4O2/c1-25-15-16-29(23-26(25)2)38-32-24-30(17-18-31(32)37-34(38)27-11-5-3-6-12-27)40-22-10-4-7-14-33(39)36-21-19-28-13-8-9-20-35-28/h3,5-6,8-9,11-13,15-18,20,23-24H,4,7,10,14,19,21-22H2,1-2H3,(H,36,39). The summed E-state index contributed by atoms with van der Waals surface area (Å²) in [4.78, 5) is 21.4. The minimum absolute atomic E-state index is 0.0936. The Morgan fingerprint density at radius 1 is 0.875 bits per heavy atom. The fourth-order valence-electron chi connectivity index (χ4n) is 4.77. The minimum atomic E-state index is 0.0936. The van der Waals surface area contributed by atoms with E-state index < -0.39 is 0 Å². The number of hydrogen-bond acceptors (Lipinski definition) is 4. The molecule has 0 atom stereocenters. The van der Waals surface area contributed by atoms with Gasteiger partial charge in [0.2, 0.25) is 5.91 Å². The van der Waals surface area contributed by atoms with Gasteiger partial charge in [0.05, 0.1) is 17.6 Å². The molecule has 2 heterocycles. The quantitative estimate of drug-likeness (QED) is 0.176. The van der Waals surface area contributed by atoms with Gasteiger partial charge in [0, 0.05) is 48.6 Å². The zero-order valence-corrected chi connectivity index (χ0v) is 23.3. The van der Waals surface area contributed by atoms with Gasteiger partial charge in [0.25, 0.3) is 0 Å². The summed E-state index contributed by atoms with van der Waals surface area (Å²) in [7, 11) is 0. The topological polar surface area (TPSA) is 69.0 Å². The van der Waals surface area contributed by atoms with E-state index in [9.17, 15) is 4.79 Å². The van der Waals surface area contributed by atoms with Gasteiger partial charge >= 0.3 is 0 Å². The highest BCUT2D eigenvalue weighted by atomic mass is 16.5. The lowest BCUT2D eigenvalue weighted by molar-refractivity contribution is -0.121. The van der Waals surface area contributed by atoms with Crippen molar-refractivity contribution in [2.24, 2.45) is 0 Å². The fourth-order valence-corrected chi connectivity index (χ4v) is 4.77. The first kappa shape index (κ1) is 27.1. The normalized spacial score (nSPS) is 11.1. The molecule has 5 aromatic rings. The van der Waals surface area contributed by atoms with E-state index in [1.807, 2.05) is 48.5 Å². The molecule has 0 aliphatic carbocycles. The SMILES string of the molecule is Cc1ccc(-n2c(-c3ccccc3)nc3ccc(OCCCCCC(=O)NCCc4ccccn4)cc32)cc1C. The lowest BCUT2D eigenvalue weighted by Gasteiger charge is -2.12. The number of ether oxygens (including phenoxy) is 1. The number of hydrogen-bond donors (Lipinski definition) is 1. The summed E-state index contributed by atoms with van der Waals surface area (Å²) in [5.74, 6) is 1.83. The van der Waals surface area contributed by atoms with E-state index in [0.717, 1.165) is 65.2 Å². The summed E-state index contributed by atoms with van der Waals surface area (Å²) in [6, 6.07) is 28.8. The van der Waals surface area contributed by atoms with Crippen LogP contribution in [0, 0.1) is 13.8 Å². The third-order valence-corrected chi connectivity index (χ3v) is 7.15. The molecular formula is C34H36N4O2. The fraction of sp³-hybridized carbons (Fsp3) is 0.265. The molecular weight excluding hydrogens is 496 g/mol.